The van der Waals surface area contributed by atoms with Gasteiger partial charge in [0.1, 0.15) is 0 Å². The second kappa shape index (κ2) is 5.19. The van der Waals surface area contributed by atoms with E-state index in [0.717, 1.165) is 10.5 Å². The molecule has 96 valence electrons. The van der Waals surface area contributed by atoms with Crippen molar-refractivity contribution < 1.29 is 14.8 Å². The number of aliphatic carboxylic acids is 1. The first-order chi connectivity index (χ1) is 9.00. The molecule has 0 unspecified atom stereocenters. The smallest absolute Gasteiger partial charge is 0.328 e. The molecule has 0 saturated carbocycles. The van der Waals surface area contributed by atoms with Gasteiger partial charge in [-0.3, -0.25) is 10.1 Å². The van der Waals surface area contributed by atoms with Crippen LogP contribution in [0.3, 0.4) is 0 Å². The van der Waals surface area contributed by atoms with Gasteiger partial charge in [0, 0.05) is 22.0 Å². The van der Waals surface area contributed by atoms with Crippen LogP contribution in [-0.4, -0.2) is 16.0 Å². The summed E-state index contributed by atoms with van der Waals surface area (Å²) >= 11 is 3.33. The van der Waals surface area contributed by atoms with Gasteiger partial charge in [-0.25, -0.2) is 4.79 Å². The number of carbonyl (C=O) groups is 1. The molecule has 0 radical (unpaired) electrons. The summed E-state index contributed by atoms with van der Waals surface area (Å²) in [6.07, 6.45) is 2.31. The van der Waals surface area contributed by atoms with E-state index in [1.54, 1.807) is 24.3 Å². The minimum Gasteiger partial charge on any atom is -0.478 e. The number of non-ortho nitro benzene ring substituents is 1. The summed E-state index contributed by atoms with van der Waals surface area (Å²) in [6, 6.07) is 8.10. The van der Waals surface area contributed by atoms with E-state index in [1.165, 1.54) is 12.1 Å². The zero-order valence-corrected chi connectivity index (χ0v) is 11.1. The van der Waals surface area contributed by atoms with E-state index < -0.39 is 10.9 Å². The maximum atomic E-state index is 11.1. The minimum atomic E-state index is -1.10. The fourth-order valence-electron chi connectivity index (χ4n) is 1.83. The van der Waals surface area contributed by atoms with E-state index in [2.05, 4.69) is 15.9 Å². The van der Waals surface area contributed by atoms with Crippen LogP contribution in [0.2, 0.25) is 0 Å². The molecule has 1 N–H and O–H groups in total. The number of nitro benzene ring substituents is 1. The van der Waals surface area contributed by atoms with Crippen molar-refractivity contribution in [1.82, 2.24) is 0 Å². The summed E-state index contributed by atoms with van der Waals surface area (Å²) in [5.74, 6) is -1.10. The molecule has 0 aliphatic heterocycles. The molecular formula is C13H8BrNO4. The lowest BCUT2D eigenvalue weighted by atomic mass is 10.0. The molecule has 0 atom stereocenters. The van der Waals surface area contributed by atoms with Gasteiger partial charge in [0.2, 0.25) is 0 Å². The van der Waals surface area contributed by atoms with Crippen molar-refractivity contribution in [3.8, 4) is 0 Å². The molecule has 19 heavy (non-hydrogen) atoms. The van der Waals surface area contributed by atoms with Gasteiger partial charge in [-0.15, -0.1) is 0 Å². The highest BCUT2D eigenvalue weighted by atomic mass is 79.9. The van der Waals surface area contributed by atoms with E-state index in [1.807, 2.05) is 0 Å². The van der Waals surface area contributed by atoms with Crippen LogP contribution in [0.4, 0.5) is 5.69 Å². The van der Waals surface area contributed by atoms with Crippen molar-refractivity contribution in [3.63, 3.8) is 0 Å². The third kappa shape index (κ3) is 2.63. The predicted molar refractivity (Wildman–Crippen MR) is 75.0 cm³/mol. The SMILES string of the molecule is O=C(O)/C=C/c1cccc2c(Br)ccc([N+](=O)[O-])c12. The van der Waals surface area contributed by atoms with Crippen LogP contribution < -0.4 is 0 Å². The second-order valence-corrected chi connectivity index (χ2v) is 4.62. The number of benzene rings is 2. The molecular weight excluding hydrogens is 314 g/mol. The van der Waals surface area contributed by atoms with Crippen LogP contribution in [0, 0.1) is 10.1 Å². The summed E-state index contributed by atoms with van der Waals surface area (Å²) in [7, 11) is 0. The molecule has 0 saturated heterocycles. The highest BCUT2D eigenvalue weighted by molar-refractivity contribution is 9.10. The number of halogens is 1. The van der Waals surface area contributed by atoms with Crippen molar-refractivity contribution in [1.29, 1.82) is 0 Å². The Kier molecular flexibility index (Phi) is 3.62. The molecule has 0 fully saturated rings. The highest BCUT2D eigenvalue weighted by Crippen LogP contribution is 2.34. The fourth-order valence-corrected chi connectivity index (χ4v) is 2.29. The van der Waals surface area contributed by atoms with Gasteiger partial charge < -0.3 is 5.11 Å². The molecule has 5 nitrogen and oxygen atoms in total. The zero-order valence-electron chi connectivity index (χ0n) is 9.54. The Hall–Kier alpha value is -2.21. The minimum absolute atomic E-state index is 0.0520. The highest BCUT2D eigenvalue weighted by Gasteiger charge is 2.15. The Balaban J connectivity index is 2.81. The van der Waals surface area contributed by atoms with Crippen molar-refractivity contribution in [2.75, 3.05) is 0 Å². The first-order valence-corrected chi connectivity index (χ1v) is 6.06. The van der Waals surface area contributed by atoms with E-state index in [0.29, 0.717) is 16.3 Å². The largest absolute Gasteiger partial charge is 0.478 e. The lowest BCUT2D eigenvalue weighted by Crippen LogP contribution is -1.92. The van der Waals surface area contributed by atoms with Crippen molar-refractivity contribution in [2.45, 2.75) is 0 Å². The van der Waals surface area contributed by atoms with Crippen molar-refractivity contribution in [3.05, 3.63) is 56.6 Å². The van der Waals surface area contributed by atoms with Gasteiger partial charge in [-0.1, -0.05) is 34.1 Å². The number of rotatable bonds is 3. The molecule has 6 heteroatoms. The summed E-state index contributed by atoms with van der Waals surface area (Å²) in [5, 5.41) is 20.8. The standard InChI is InChI=1S/C13H8BrNO4/c14-10-5-6-11(15(18)19)13-8(4-7-12(16)17)2-1-3-9(10)13/h1-7H,(H,16,17)/b7-4+. The number of hydrogen-bond donors (Lipinski definition) is 1. The van der Waals surface area contributed by atoms with Crippen molar-refractivity contribution >= 4 is 44.4 Å². The predicted octanol–water partition coefficient (Wildman–Crippen LogP) is 3.61. The van der Waals surface area contributed by atoms with Gasteiger partial charge in [0.05, 0.1) is 10.3 Å². The number of nitrogens with zero attached hydrogens (tertiary/aromatic N) is 1. The fraction of sp³-hybridized carbons (Fsp3) is 0. The van der Waals surface area contributed by atoms with Gasteiger partial charge in [-0.05, 0) is 17.7 Å². The average Bonchev–Trinajstić information content (AvgIpc) is 2.36. The average molecular weight is 322 g/mol. The lowest BCUT2D eigenvalue weighted by molar-refractivity contribution is -0.383. The molecule has 0 bridgehead atoms. The summed E-state index contributed by atoms with van der Waals surface area (Å²) < 4.78 is 0.721. The van der Waals surface area contributed by atoms with E-state index in [9.17, 15) is 14.9 Å². The third-order valence-electron chi connectivity index (χ3n) is 2.60. The third-order valence-corrected chi connectivity index (χ3v) is 3.29. The van der Waals surface area contributed by atoms with Crippen LogP contribution in [-0.2, 0) is 4.79 Å². The molecule has 0 aliphatic carbocycles. The Labute approximate surface area is 116 Å². The van der Waals surface area contributed by atoms with E-state index >= 15 is 0 Å². The number of carboxylic acids is 1. The lowest BCUT2D eigenvalue weighted by Gasteiger charge is -2.05. The number of hydrogen-bond acceptors (Lipinski definition) is 3. The monoisotopic (exact) mass is 321 g/mol. The maximum Gasteiger partial charge on any atom is 0.328 e. The molecule has 2 rings (SSSR count). The topological polar surface area (TPSA) is 80.4 Å². The molecule has 0 aromatic heterocycles. The van der Waals surface area contributed by atoms with E-state index in [4.69, 9.17) is 5.11 Å². The summed E-state index contributed by atoms with van der Waals surface area (Å²) in [6.45, 7) is 0. The molecule has 2 aromatic carbocycles. The van der Waals surface area contributed by atoms with Gasteiger partial charge in [0.25, 0.3) is 5.69 Å². The Bertz CT molecular complexity index is 709. The molecule has 0 amide bonds. The molecule has 0 heterocycles. The Morgan fingerprint density at radius 1 is 1.32 bits per heavy atom. The summed E-state index contributed by atoms with van der Waals surface area (Å²) in [4.78, 5) is 21.2. The molecule has 2 aromatic rings. The van der Waals surface area contributed by atoms with Crippen LogP contribution >= 0.6 is 15.9 Å². The maximum absolute atomic E-state index is 11.1. The Morgan fingerprint density at radius 2 is 2.05 bits per heavy atom. The Morgan fingerprint density at radius 3 is 2.68 bits per heavy atom. The summed E-state index contributed by atoms with van der Waals surface area (Å²) in [5.41, 5.74) is 0.441. The van der Waals surface area contributed by atoms with Gasteiger partial charge >= 0.3 is 5.97 Å². The number of fused-ring (bicyclic) bond motifs is 1. The zero-order chi connectivity index (χ0) is 14.0. The van der Waals surface area contributed by atoms with Crippen LogP contribution in [0.15, 0.2) is 40.9 Å². The van der Waals surface area contributed by atoms with Gasteiger partial charge in [-0.2, -0.15) is 0 Å². The molecule has 0 aliphatic rings. The van der Waals surface area contributed by atoms with E-state index in [-0.39, 0.29) is 5.69 Å². The number of carboxylic acid groups (broad SMARTS) is 1. The first-order valence-electron chi connectivity index (χ1n) is 5.27. The molecule has 0 spiro atoms. The van der Waals surface area contributed by atoms with Crippen LogP contribution in [0.1, 0.15) is 5.56 Å². The van der Waals surface area contributed by atoms with Crippen LogP contribution in [0.25, 0.3) is 16.8 Å². The van der Waals surface area contributed by atoms with Gasteiger partial charge in [0.15, 0.2) is 0 Å². The quantitative estimate of drug-likeness (QED) is 0.532. The van der Waals surface area contributed by atoms with Crippen molar-refractivity contribution in [2.24, 2.45) is 0 Å². The normalized spacial score (nSPS) is 11.0. The number of nitro groups is 1. The second-order valence-electron chi connectivity index (χ2n) is 3.76. The first kappa shape index (κ1) is 13.2. The van der Waals surface area contributed by atoms with Crippen LogP contribution in [0.5, 0.6) is 0 Å².